The standard InChI is InChI=1S/C13H21N3/c1-2-12-4-5-13(15-10-12)11-16-8-3-6-14-7-9-16/h4-5,10,14H,2-3,6-9,11H2,1H3. The van der Waals surface area contributed by atoms with Gasteiger partial charge in [-0.2, -0.15) is 0 Å². The first-order valence-corrected chi connectivity index (χ1v) is 6.25. The van der Waals surface area contributed by atoms with Gasteiger partial charge in [-0.1, -0.05) is 13.0 Å². The van der Waals surface area contributed by atoms with Crippen LogP contribution in [0.4, 0.5) is 0 Å². The lowest BCUT2D eigenvalue weighted by Crippen LogP contribution is -2.28. The predicted octanol–water partition coefficient (Wildman–Crippen LogP) is 1.44. The molecule has 0 spiro atoms. The summed E-state index contributed by atoms with van der Waals surface area (Å²) in [5.74, 6) is 0. The van der Waals surface area contributed by atoms with Crippen molar-refractivity contribution in [3.05, 3.63) is 29.6 Å². The van der Waals surface area contributed by atoms with Crippen molar-refractivity contribution < 1.29 is 0 Å². The van der Waals surface area contributed by atoms with E-state index in [1.165, 1.54) is 24.2 Å². The highest BCUT2D eigenvalue weighted by molar-refractivity contribution is 5.13. The molecule has 2 rings (SSSR count). The Morgan fingerprint density at radius 1 is 1.31 bits per heavy atom. The molecule has 1 aliphatic heterocycles. The van der Waals surface area contributed by atoms with Crippen molar-refractivity contribution in [1.82, 2.24) is 15.2 Å². The summed E-state index contributed by atoms with van der Waals surface area (Å²) in [6.45, 7) is 7.73. The number of pyridine rings is 1. The minimum absolute atomic E-state index is 0.992. The maximum absolute atomic E-state index is 4.51. The zero-order chi connectivity index (χ0) is 11.2. The second kappa shape index (κ2) is 5.97. The first-order chi connectivity index (χ1) is 7.88. The van der Waals surface area contributed by atoms with E-state index in [-0.39, 0.29) is 0 Å². The molecule has 0 radical (unpaired) electrons. The SMILES string of the molecule is CCc1ccc(CN2CCCNCC2)nc1. The molecule has 0 bridgehead atoms. The van der Waals surface area contributed by atoms with E-state index in [1.54, 1.807) is 0 Å². The molecule has 0 atom stereocenters. The molecule has 16 heavy (non-hydrogen) atoms. The van der Waals surface area contributed by atoms with Gasteiger partial charge in [-0.05, 0) is 37.6 Å². The van der Waals surface area contributed by atoms with Gasteiger partial charge in [0.2, 0.25) is 0 Å². The van der Waals surface area contributed by atoms with E-state index < -0.39 is 0 Å². The van der Waals surface area contributed by atoms with Gasteiger partial charge in [0, 0.05) is 25.8 Å². The quantitative estimate of drug-likeness (QED) is 0.834. The third kappa shape index (κ3) is 3.29. The molecule has 1 fully saturated rings. The fourth-order valence-corrected chi connectivity index (χ4v) is 2.05. The maximum Gasteiger partial charge on any atom is 0.0544 e. The summed E-state index contributed by atoms with van der Waals surface area (Å²) in [6.07, 6.45) is 4.32. The zero-order valence-corrected chi connectivity index (χ0v) is 10.1. The fourth-order valence-electron chi connectivity index (χ4n) is 2.05. The number of nitrogens with one attached hydrogen (secondary N) is 1. The Morgan fingerprint density at radius 3 is 3.00 bits per heavy atom. The van der Waals surface area contributed by atoms with Crippen LogP contribution in [-0.2, 0) is 13.0 Å². The Hall–Kier alpha value is -0.930. The van der Waals surface area contributed by atoms with Crippen LogP contribution < -0.4 is 5.32 Å². The predicted molar refractivity (Wildman–Crippen MR) is 66.4 cm³/mol. The molecular weight excluding hydrogens is 198 g/mol. The van der Waals surface area contributed by atoms with Crippen molar-refractivity contribution in [2.45, 2.75) is 26.3 Å². The molecule has 1 aliphatic rings. The number of aryl methyl sites for hydroxylation is 1. The highest BCUT2D eigenvalue weighted by atomic mass is 15.2. The second-order valence-electron chi connectivity index (χ2n) is 4.39. The van der Waals surface area contributed by atoms with Crippen molar-refractivity contribution >= 4 is 0 Å². The van der Waals surface area contributed by atoms with E-state index >= 15 is 0 Å². The summed E-state index contributed by atoms with van der Waals surface area (Å²) < 4.78 is 0. The van der Waals surface area contributed by atoms with Crippen LogP contribution in [0.1, 0.15) is 24.6 Å². The van der Waals surface area contributed by atoms with Gasteiger partial charge in [-0.3, -0.25) is 9.88 Å². The fraction of sp³-hybridized carbons (Fsp3) is 0.615. The lowest BCUT2D eigenvalue weighted by atomic mass is 10.2. The summed E-state index contributed by atoms with van der Waals surface area (Å²) >= 11 is 0. The first-order valence-electron chi connectivity index (χ1n) is 6.25. The average Bonchev–Trinajstić information content (AvgIpc) is 2.59. The summed E-state index contributed by atoms with van der Waals surface area (Å²) in [5.41, 5.74) is 2.51. The summed E-state index contributed by atoms with van der Waals surface area (Å²) in [4.78, 5) is 6.99. The molecule has 1 saturated heterocycles. The third-order valence-corrected chi connectivity index (χ3v) is 3.11. The van der Waals surface area contributed by atoms with Crippen molar-refractivity contribution in [3.8, 4) is 0 Å². The Kier molecular flexibility index (Phi) is 4.31. The number of hydrogen-bond donors (Lipinski definition) is 1. The molecule has 3 nitrogen and oxygen atoms in total. The molecule has 1 N–H and O–H groups in total. The van der Waals surface area contributed by atoms with Crippen molar-refractivity contribution in [2.75, 3.05) is 26.2 Å². The second-order valence-corrected chi connectivity index (χ2v) is 4.39. The normalized spacial score (nSPS) is 18.3. The molecule has 2 heterocycles. The third-order valence-electron chi connectivity index (χ3n) is 3.11. The largest absolute Gasteiger partial charge is 0.315 e. The van der Waals surface area contributed by atoms with Crippen LogP contribution in [0.3, 0.4) is 0 Å². The average molecular weight is 219 g/mol. The molecule has 0 amide bonds. The van der Waals surface area contributed by atoms with Crippen molar-refractivity contribution in [1.29, 1.82) is 0 Å². The molecular formula is C13H21N3. The van der Waals surface area contributed by atoms with Crippen LogP contribution in [0.5, 0.6) is 0 Å². The van der Waals surface area contributed by atoms with Crippen LogP contribution in [0.25, 0.3) is 0 Å². The number of rotatable bonds is 3. The highest BCUT2D eigenvalue weighted by Crippen LogP contribution is 2.05. The Labute approximate surface area is 97.9 Å². The molecule has 3 heteroatoms. The minimum atomic E-state index is 0.992. The molecule has 0 unspecified atom stereocenters. The maximum atomic E-state index is 4.51. The first kappa shape index (κ1) is 11.6. The summed E-state index contributed by atoms with van der Waals surface area (Å²) in [5, 5.41) is 3.42. The van der Waals surface area contributed by atoms with Gasteiger partial charge in [-0.25, -0.2) is 0 Å². The van der Waals surface area contributed by atoms with Gasteiger partial charge in [-0.15, -0.1) is 0 Å². The monoisotopic (exact) mass is 219 g/mol. The Balaban J connectivity index is 1.91. The molecule has 0 aromatic carbocycles. The summed E-state index contributed by atoms with van der Waals surface area (Å²) in [6, 6.07) is 4.36. The minimum Gasteiger partial charge on any atom is -0.315 e. The lowest BCUT2D eigenvalue weighted by molar-refractivity contribution is 0.281. The van der Waals surface area contributed by atoms with Crippen LogP contribution in [0.15, 0.2) is 18.3 Å². The molecule has 0 aliphatic carbocycles. The van der Waals surface area contributed by atoms with Crippen LogP contribution in [-0.4, -0.2) is 36.1 Å². The van der Waals surface area contributed by atoms with Crippen molar-refractivity contribution in [3.63, 3.8) is 0 Å². The van der Waals surface area contributed by atoms with Gasteiger partial charge >= 0.3 is 0 Å². The zero-order valence-electron chi connectivity index (χ0n) is 10.1. The van der Waals surface area contributed by atoms with Gasteiger partial charge < -0.3 is 5.32 Å². The molecule has 1 aromatic rings. The van der Waals surface area contributed by atoms with Crippen LogP contribution in [0, 0.1) is 0 Å². The van der Waals surface area contributed by atoms with E-state index in [0.717, 1.165) is 32.6 Å². The van der Waals surface area contributed by atoms with E-state index in [9.17, 15) is 0 Å². The van der Waals surface area contributed by atoms with E-state index in [4.69, 9.17) is 0 Å². The van der Waals surface area contributed by atoms with E-state index in [1.807, 2.05) is 6.20 Å². The van der Waals surface area contributed by atoms with Crippen LogP contribution in [0.2, 0.25) is 0 Å². The molecule has 1 aromatic heterocycles. The molecule has 0 saturated carbocycles. The summed E-state index contributed by atoms with van der Waals surface area (Å²) in [7, 11) is 0. The van der Waals surface area contributed by atoms with Gasteiger partial charge in [0.05, 0.1) is 5.69 Å². The number of aromatic nitrogens is 1. The van der Waals surface area contributed by atoms with E-state index in [0.29, 0.717) is 0 Å². The van der Waals surface area contributed by atoms with Gasteiger partial charge in [0.1, 0.15) is 0 Å². The lowest BCUT2D eigenvalue weighted by Gasteiger charge is -2.18. The van der Waals surface area contributed by atoms with Crippen molar-refractivity contribution in [2.24, 2.45) is 0 Å². The smallest absolute Gasteiger partial charge is 0.0544 e. The highest BCUT2D eigenvalue weighted by Gasteiger charge is 2.09. The topological polar surface area (TPSA) is 28.2 Å². The Morgan fingerprint density at radius 2 is 2.25 bits per heavy atom. The van der Waals surface area contributed by atoms with E-state index in [2.05, 4.69) is 34.3 Å². The van der Waals surface area contributed by atoms with Crippen LogP contribution >= 0.6 is 0 Å². The number of hydrogen-bond acceptors (Lipinski definition) is 3. The molecule has 88 valence electrons. The Bertz CT molecular complexity index is 299. The van der Waals surface area contributed by atoms with Gasteiger partial charge in [0.25, 0.3) is 0 Å². The van der Waals surface area contributed by atoms with Gasteiger partial charge in [0.15, 0.2) is 0 Å². The number of nitrogens with zero attached hydrogens (tertiary/aromatic N) is 2.